The molecular weight excluding hydrogens is 186 g/mol. The van der Waals surface area contributed by atoms with Crippen molar-refractivity contribution in [1.29, 1.82) is 0 Å². The van der Waals surface area contributed by atoms with Gasteiger partial charge < -0.3 is 0 Å². The highest BCUT2D eigenvalue weighted by Gasteiger charge is 2.19. The predicted octanol–water partition coefficient (Wildman–Crippen LogP) is 3.52. The highest BCUT2D eigenvalue weighted by Crippen LogP contribution is 2.17. The molecule has 0 aromatic rings. The molecule has 0 amide bonds. The molecule has 0 aliphatic carbocycles. The topological polar surface area (TPSA) is 28.0 Å². The lowest BCUT2D eigenvalue weighted by molar-refractivity contribution is 0.276. The minimum Gasteiger partial charge on any atom is -0.277 e. The number of hydrogen-bond acceptors (Lipinski definition) is 3. The maximum absolute atomic E-state index is 4.31. The first-order chi connectivity index (χ1) is 7.11. The van der Waals surface area contributed by atoms with Crippen LogP contribution in [0.1, 0.15) is 47.0 Å². The Balaban J connectivity index is 2.17. The number of hydrogen-bond donors (Lipinski definition) is 0. The molecule has 1 aliphatic rings. The van der Waals surface area contributed by atoms with Crippen molar-refractivity contribution in [2.75, 3.05) is 13.1 Å². The van der Waals surface area contributed by atoms with E-state index < -0.39 is 0 Å². The van der Waals surface area contributed by atoms with Gasteiger partial charge in [-0.15, -0.1) is 0 Å². The molecule has 0 saturated heterocycles. The van der Waals surface area contributed by atoms with Gasteiger partial charge in [0.05, 0.1) is 12.6 Å². The average molecular weight is 211 g/mol. The van der Waals surface area contributed by atoms with Crippen LogP contribution in [0, 0.1) is 11.8 Å². The predicted molar refractivity (Wildman–Crippen MR) is 63.7 cm³/mol. The summed E-state index contributed by atoms with van der Waals surface area (Å²) in [4.78, 5) is 0. The highest BCUT2D eigenvalue weighted by atomic mass is 15.6. The van der Waals surface area contributed by atoms with Crippen LogP contribution in [0.5, 0.6) is 0 Å². The van der Waals surface area contributed by atoms with Crippen LogP contribution in [0.15, 0.2) is 10.3 Å². The van der Waals surface area contributed by atoms with E-state index in [-0.39, 0.29) is 0 Å². The zero-order valence-corrected chi connectivity index (χ0v) is 10.6. The van der Waals surface area contributed by atoms with Crippen molar-refractivity contribution in [2.24, 2.45) is 22.2 Å². The van der Waals surface area contributed by atoms with Gasteiger partial charge in [0.15, 0.2) is 0 Å². The van der Waals surface area contributed by atoms with Crippen molar-refractivity contribution in [2.45, 2.75) is 53.0 Å². The van der Waals surface area contributed by atoms with Crippen molar-refractivity contribution in [3.05, 3.63) is 0 Å². The molecule has 0 N–H and O–H groups in total. The highest BCUT2D eigenvalue weighted by molar-refractivity contribution is 4.74. The Labute approximate surface area is 93.9 Å². The van der Waals surface area contributed by atoms with Crippen LogP contribution < -0.4 is 0 Å². The summed E-state index contributed by atoms with van der Waals surface area (Å²) in [5.74, 6) is 1.54. The van der Waals surface area contributed by atoms with Crippen molar-refractivity contribution in [3.8, 4) is 0 Å². The minimum absolute atomic E-state index is 0.446. The van der Waals surface area contributed by atoms with Crippen LogP contribution in [0.4, 0.5) is 0 Å². The second kappa shape index (κ2) is 6.09. The van der Waals surface area contributed by atoms with Crippen LogP contribution in [0.2, 0.25) is 0 Å². The molecule has 0 bridgehead atoms. The van der Waals surface area contributed by atoms with Gasteiger partial charge in [0, 0.05) is 6.54 Å². The lowest BCUT2D eigenvalue weighted by atomic mass is 10.0. The Morgan fingerprint density at radius 3 is 2.67 bits per heavy atom. The summed E-state index contributed by atoms with van der Waals surface area (Å²) < 4.78 is 0. The summed E-state index contributed by atoms with van der Waals surface area (Å²) in [6.45, 7) is 11.2. The van der Waals surface area contributed by atoms with Crippen LogP contribution in [-0.2, 0) is 0 Å². The van der Waals surface area contributed by atoms with Crippen LogP contribution >= 0.6 is 0 Å². The molecule has 1 aliphatic heterocycles. The third-order valence-electron chi connectivity index (χ3n) is 3.08. The second-order valence-corrected chi connectivity index (χ2v) is 5.20. The van der Waals surface area contributed by atoms with E-state index in [1.54, 1.807) is 0 Å². The zero-order chi connectivity index (χ0) is 11.3. The van der Waals surface area contributed by atoms with Gasteiger partial charge in [0.1, 0.15) is 0 Å². The first kappa shape index (κ1) is 12.5. The Hall–Kier alpha value is -0.600. The molecule has 0 fully saturated rings. The summed E-state index contributed by atoms with van der Waals surface area (Å²) in [6, 6.07) is 0.446. The van der Waals surface area contributed by atoms with Gasteiger partial charge in [-0.05, 0) is 24.7 Å². The monoisotopic (exact) mass is 211 g/mol. The van der Waals surface area contributed by atoms with Gasteiger partial charge in [-0.1, -0.05) is 39.3 Å². The van der Waals surface area contributed by atoms with Gasteiger partial charge in [-0.2, -0.15) is 5.11 Å². The Morgan fingerprint density at radius 1 is 1.33 bits per heavy atom. The van der Waals surface area contributed by atoms with E-state index in [0.717, 1.165) is 24.9 Å². The third-order valence-corrected chi connectivity index (χ3v) is 3.08. The van der Waals surface area contributed by atoms with Crippen molar-refractivity contribution >= 4 is 0 Å². The van der Waals surface area contributed by atoms with Crippen LogP contribution in [0.25, 0.3) is 0 Å². The SMILES string of the molecule is CCC(C)CCN1CC(CC(C)C)N=N1. The molecule has 0 radical (unpaired) electrons. The largest absolute Gasteiger partial charge is 0.277 e. The molecule has 3 heteroatoms. The first-order valence-electron chi connectivity index (χ1n) is 6.27. The molecule has 0 spiro atoms. The van der Waals surface area contributed by atoms with E-state index in [4.69, 9.17) is 0 Å². The van der Waals surface area contributed by atoms with Gasteiger partial charge in [-0.3, -0.25) is 5.01 Å². The van der Waals surface area contributed by atoms with Crippen LogP contribution in [0.3, 0.4) is 0 Å². The summed E-state index contributed by atoms with van der Waals surface area (Å²) in [5, 5.41) is 10.7. The molecule has 3 nitrogen and oxygen atoms in total. The van der Waals surface area contributed by atoms with E-state index in [1.165, 1.54) is 19.3 Å². The third kappa shape index (κ3) is 4.63. The van der Waals surface area contributed by atoms with E-state index in [2.05, 4.69) is 43.0 Å². The first-order valence-corrected chi connectivity index (χ1v) is 6.27. The van der Waals surface area contributed by atoms with E-state index in [0.29, 0.717) is 6.04 Å². The summed E-state index contributed by atoms with van der Waals surface area (Å²) in [7, 11) is 0. The Morgan fingerprint density at radius 2 is 2.07 bits per heavy atom. The fraction of sp³-hybridized carbons (Fsp3) is 1.00. The average Bonchev–Trinajstić information content (AvgIpc) is 2.61. The van der Waals surface area contributed by atoms with Crippen LogP contribution in [-0.4, -0.2) is 24.1 Å². The summed E-state index contributed by atoms with van der Waals surface area (Å²) in [5.41, 5.74) is 0. The van der Waals surface area contributed by atoms with Crippen molar-refractivity contribution < 1.29 is 0 Å². The Bertz CT molecular complexity index is 201. The second-order valence-electron chi connectivity index (χ2n) is 5.20. The standard InChI is InChI=1S/C12H25N3/c1-5-11(4)6-7-15-9-12(13-14-15)8-10(2)3/h10-12H,5-9H2,1-4H3. The fourth-order valence-corrected chi connectivity index (χ4v) is 1.84. The zero-order valence-electron chi connectivity index (χ0n) is 10.6. The van der Waals surface area contributed by atoms with E-state index in [1.807, 2.05) is 0 Å². The number of rotatable bonds is 6. The molecule has 1 rings (SSSR count). The lowest BCUT2D eigenvalue weighted by Crippen LogP contribution is -2.24. The summed E-state index contributed by atoms with van der Waals surface area (Å²) in [6.07, 6.45) is 3.67. The van der Waals surface area contributed by atoms with Gasteiger partial charge >= 0.3 is 0 Å². The molecular formula is C12H25N3. The molecule has 2 atom stereocenters. The minimum atomic E-state index is 0.446. The van der Waals surface area contributed by atoms with Crippen molar-refractivity contribution in [1.82, 2.24) is 5.01 Å². The van der Waals surface area contributed by atoms with Crippen molar-refractivity contribution in [3.63, 3.8) is 0 Å². The van der Waals surface area contributed by atoms with E-state index in [9.17, 15) is 0 Å². The van der Waals surface area contributed by atoms with Gasteiger partial charge in [0.25, 0.3) is 0 Å². The smallest absolute Gasteiger partial charge is 0.0923 e. The molecule has 2 unspecified atom stereocenters. The van der Waals surface area contributed by atoms with E-state index >= 15 is 0 Å². The van der Waals surface area contributed by atoms with Gasteiger partial charge in [-0.25, -0.2) is 0 Å². The molecule has 88 valence electrons. The fourth-order valence-electron chi connectivity index (χ4n) is 1.84. The molecule has 0 saturated carbocycles. The molecule has 1 heterocycles. The normalized spacial score (nSPS) is 22.7. The Kier molecular flexibility index (Phi) is 5.06. The number of nitrogens with zero attached hydrogens (tertiary/aromatic N) is 3. The summed E-state index contributed by atoms with van der Waals surface area (Å²) >= 11 is 0. The quantitative estimate of drug-likeness (QED) is 0.660. The maximum Gasteiger partial charge on any atom is 0.0923 e. The maximum atomic E-state index is 4.31. The molecule has 15 heavy (non-hydrogen) atoms. The molecule has 0 aromatic heterocycles. The van der Waals surface area contributed by atoms with Gasteiger partial charge in [0.2, 0.25) is 0 Å². The molecule has 0 aromatic carbocycles. The lowest BCUT2D eigenvalue weighted by Gasteiger charge is -2.16.